The monoisotopic (exact) mass is 291 g/mol. The predicted octanol–water partition coefficient (Wildman–Crippen LogP) is 4.34. The van der Waals surface area contributed by atoms with Crippen LogP contribution in [0.3, 0.4) is 0 Å². The number of hydrogen-bond donors (Lipinski definition) is 1. The molecule has 0 aromatic heterocycles. The normalized spacial score (nSPS) is 16.0. The molecule has 0 heterocycles. The molecule has 1 N–H and O–H groups in total. The summed E-state index contributed by atoms with van der Waals surface area (Å²) in [5, 5.41) is 3.27. The molecule has 0 saturated heterocycles. The van der Waals surface area contributed by atoms with Gasteiger partial charge in [0.05, 0.1) is 0 Å². The van der Waals surface area contributed by atoms with E-state index < -0.39 is 17.5 Å². The average Bonchev–Trinajstić information content (AvgIpc) is 3.30. The lowest BCUT2D eigenvalue weighted by atomic mass is 10.0. The van der Waals surface area contributed by atoms with Crippen molar-refractivity contribution in [1.82, 2.24) is 5.32 Å². The molecule has 1 atom stereocenters. The Balaban J connectivity index is 1.75. The minimum absolute atomic E-state index is 0.124. The summed E-state index contributed by atoms with van der Waals surface area (Å²) in [6.07, 6.45) is 2.26. The van der Waals surface area contributed by atoms with Crippen molar-refractivity contribution in [3.63, 3.8) is 0 Å². The van der Waals surface area contributed by atoms with E-state index in [-0.39, 0.29) is 18.2 Å². The Morgan fingerprint density at radius 3 is 2.29 bits per heavy atom. The van der Waals surface area contributed by atoms with E-state index in [4.69, 9.17) is 0 Å². The van der Waals surface area contributed by atoms with Crippen molar-refractivity contribution in [3.8, 4) is 0 Å². The van der Waals surface area contributed by atoms with E-state index in [9.17, 15) is 13.2 Å². The molecule has 0 spiro atoms. The van der Waals surface area contributed by atoms with Gasteiger partial charge in [0.2, 0.25) is 0 Å². The van der Waals surface area contributed by atoms with Gasteiger partial charge in [-0.05, 0) is 30.4 Å². The van der Waals surface area contributed by atoms with E-state index in [1.54, 1.807) is 0 Å². The molecule has 0 aliphatic heterocycles. The van der Waals surface area contributed by atoms with Gasteiger partial charge in [-0.3, -0.25) is 0 Å². The Bertz CT molecular complexity index is 623. The molecule has 1 nitrogen and oxygen atoms in total. The SMILES string of the molecule is Fc1cc(F)c(CNC(c2ccccc2)C2CC2)cc1F. The van der Waals surface area contributed by atoms with Crippen molar-refractivity contribution in [2.24, 2.45) is 5.92 Å². The van der Waals surface area contributed by atoms with E-state index in [0.29, 0.717) is 12.0 Å². The van der Waals surface area contributed by atoms with Crippen LogP contribution < -0.4 is 5.32 Å². The van der Waals surface area contributed by atoms with E-state index in [0.717, 1.165) is 24.5 Å². The van der Waals surface area contributed by atoms with Crippen LogP contribution in [0.25, 0.3) is 0 Å². The summed E-state index contributed by atoms with van der Waals surface area (Å²) in [6.45, 7) is 0.180. The molecule has 0 amide bonds. The molecule has 1 aliphatic carbocycles. The quantitative estimate of drug-likeness (QED) is 0.808. The highest BCUT2D eigenvalue weighted by Crippen LogP contribution is 2.41. The van der Waals surface area contributed by atoms with E-state index in [1.165, 1.54) is 0 Å². The van der Waals surface area contributed by atoms with Crippen LogP contribution in [0.2, 0.25) is 0 Å². The summed E-state index contributed by atoms with van der Waals surface area (Å²) in [4.78, 5) is 0. The topological polar surface area (TPSA) is 12.0 Å². The van der Waals surface area contributed by atoms with E-state index in [2.05, 4.69) is 5.32 Å². The highest BCUT2D eigenvalue weighted by Gasteiger charge is 2.32. The number of nitrogens with one attached hydrogen (secondary N) is 1. The van der Waals surface area contributed by atoms with Crippen molar-refractivity contribution < 1.29 is 13.2 Å². The fraction of sp³-hybridized carbons (Fsp3) is 0.294. The van der Waals surface area contributed by atoms with Gasteiger partial charge in [0.15, 0.2) is 11.6 Å². The highest BCUT2D eigenvalue weighted by atomic mass is 19.2. The summed E-state index contributed by atoms with van der Waals surface area (Å²) in [6, 6.07) is 11.6. The molecule has 0 bridgehead atoms. The third kappa shape index (κ3) is 3.27. The minimum atomic E-state index is -1.15. The van der Waals surface area contributed by atoms with Gasteiger partial charge < -0.3 is 5.32 Å². The van der Waals surface area contributed by atoms with Crippen LogP contribution in [0, 0.1) is 23.4 Å². The Morgan fingerprint density at radius 1 is 0.952 bits per heavy atom. The second kappa shape index (κ2) is 5.90. The Hall–Kier alpha value is -1.81. The maximum Gasteiger partial charge on any atom is 0.161 e. The number of rotatable bonds is 5. The Labute approximate surface area is 121 Å². The average molecular weight is 291 g/mol. The zero-order valence-electron chi connectivity index (χ0n) is 11.5. The number of benzene rings is 2. The molecule has 2 aromatic carbocycles. The van der Waals surface area contributed by atoms with Crippen LogP contribution in [0.4, 0.5) is 13.2 Å². The van der Waals surface area contributed by atoms with Crippen molar-refractivity contribution in [2.75, 3.05) is 0 Å². The molecule has 1 unspecified atom stereocenters. The Morgan fingerprint density at radius 2 is 1.62 bits per heavy atom. The van der Waals surface area contributed by atoms with Gasteiger partial charge in [-0.2, -0.15) is 0 Å². The third-order valence-electron chi connectivity index (χ3n) is 3.85. The van der Waals surface area contributed by atoms with Crippen molar-refractivity contribution >= 4 is 0 Å². The van der Waals surface area contributed by atoms with Gasteiger partial charge in [0, 0.05) is 24.2 Å². The summed E-state index contributed by atoms with van der Waals surface area (Å²) in [5.41, 5.74) is 1.29. The molecular formula is C17H16F3N. The molecule has 1 saturated carbocycles. The summed E-state index contributed by atoms with van der Waals surface area (Å²) < 4.78 is 39.8. The standard InChI is InChI=1S/C17H16F3N/c18-14-9-16(20)15(19)8-13(14)10-21-17(12-6-7-12)11-4-2-1-3-5-11/h1-5,8-9,12,17,21H,6-7,10H2. The first-order valence-electron chi connectivity index (χ1n) is 7.07. The molecule has 1 fully saturated rings. The van der Waals surface area contributed by atoms with Crippen LogP contribution in [0.15, 0.2) is 42.5 Å². The zero-order chi connectivity index (χ0) is 14.8. The van der Waals surface area contributed by atoms with Gasteiger partial charge >= 0.3 is 0 Å². The molecule has 3 rings (SSSR count). The molecular weight excluding hydrogens is 275 g/mol. The van der Waals surface area contributed by atoms with Crippen LogP contribution in [0.1, 0.15) is 30.0 Å². The lowest BCUT2D eigenvalue weighted by molar-refractivity contribution is 0.458. The largest absolute Gasteiger partial charge is 0.305 e. The van der Waals surface area contributed by atoms with Crippen LogP contribution in [0.5, 0.6) is 0 Å². The fourth-order valence-corrected chi connectivity index (χ4v) is 2.57. The zero-order valence-corrected chi connectivity index (χ0v) is 11.5. The Kier molecular flexibility index (Phi) is 3.97. The fourth-order valence-electron chi connectivity index (χ4n) is 2.57. The molecule has 110 valence electrons. The van der Waals surface area contributed by atoms with Gasteiger partial charge in [-0.15, -0.1) is 0 Å². The molecule has 4 heteroatoms. The molecule has 0 radical (unpaired) electrons. The highest BCUT2D eigenvalue weighted by molar-refractivity contribution is 5.23. The predicted molar refractivity (Wildman–Crippen MR) is 75.1 cm³/mol. The van der Waals surface area contributed by atoms with Gasteiger partial charge in [0.1, 0.15) is 5.82 Å². The first-order valence-corrected chi connectivity index (χ1v) is 7.07. The second-order valence-corrected chi connectivity index (χ2v) is 5.46. The third-order valence-corrected chi connectivity index (χ3v) is 3.85. The van der Waals surface area contributed by atoms with Crippen molar-refractivity contribution in [3.05, 3.63) is 71.0 Å². The maximum absolute atomic E-state index is 13.7. The van der Waals surface area contributed by atoms with Crippen LogP contribution in [-0.4, -0.2) is 0 Å². The molecule has 2 aromatic rings. The lowest BCUT2D eigenvalue weighted by Crippen LogP contribution is -2.23. The van der Waals surface area contributed by atoms with Gasteiger partial charge in [0.25, 0.3) is 0 Å². The molecule has 21 heavy (non-hydrogen) atoms. The number of hydrogen-bond acceptors (Lipinski definition) is 1. The molecule has 1 aliphatic rings. The smallest absolute Gasteiger partial charge is 0.161 e. The summed E-state index contributed by atoms with van der Waals surface area (Å²) in [5.74, 6) is -2.36. The summed E-state index contributed by atoms with van der Waals surface area (Å²) >= 11 is 0. The van der Waals surface area contributed by atoms with E-state index in [1.807, 2.05) is 30.3 Å². The van der Waals surface area contributed by atoms with Gasteiger partial charge in [-0.25, -0.2) is 13.2 Å². The van der Waals surface area contributed by atoms with Gasteiger partial charge in [-0.1, -0.05) is 30.3 Å². The lowest BCUT2D eigenvalue weighted by Gasteiger charge is -2.19. The van der Waals surface area contributed by atoms with Crippen LogP contribution >= 0.6 is 0 Å². The van der Waals surface area contributed by atoms with Crippen LogP contribution in [-0.2, 0) is 6.54 Å². The van der Waals surface area contributed by atoms with Crippen molar-refractivity contribution in [1.29, 1.82) is 0 Å². The first kappa shape index (κ1) is 14.1. The maximum atomic E-state index is 13.7. The minimum Gasteiger partial charge on any atom is -0.305 e. The van der Waals surface area contributed by atoms with Crippen molar-refractivity contribution in [2.45, 2.75) is 25.4 Å². The second-order valence-electron chi connectivity index (χ2n) is 5.46. The first-order chi connectivity index (χ1) is 10.1. The number of halogens is 3. The summed E-state index contributed by atoms with van der Waals surface area (Å²) in [7, 11) is 0. The van der Waals surface area contributed by atoms with E-state index >= 15 is 0 Å².